The normalized spacial score (nSPS) is 11.3. The predicted molar refractivity (Wildman–Crippen MR) is 40.0 cm³/mol. The minimum atomic E-state index is -5.26. The second kappa shape index (κ2) is 3.95. The molecule has 0 heterocycles. The molecule has 0 spiro atoms. The van der Waals surface area contributed by atoms with E-state index in [1.807, 2.05) is 0 Å². The highest BCUT2D eigenvalue weighted by atomic mass is 19.4. The SMILES string of the molecule is O=C(O)c1cc(F)cc(F)c1OC(F)(F)F. The molecule has 0 aliphatic heterocycles. The summed E-state index contributed by atoms with van der Waals surface area (Å²) >= 11 is 0. The first-order chi connectivity index (χ1) is 7.20. The highest BCUT2D eigenvalue weighted by molar-refractivity contribution is 5.91. The molecule has 0 saturated carbocycles. The zero-order chi connectivity index (χ0) is 12.5. The number of rotatable bonds is 2. The first-order valence-electron chi connectivity index (χ1n) is 3.69. The summed E-state index contributed by atoms with van der Waals surface area (Å²) in [5, 5.41) is 8.43. The quantitative estimate of drug-likeness (QED) is 0.810. The van der Waals surface area contributed by atoms with Gasteiger partial charge in [0.2, 0.25) is 0 Å². The summed E-state index contributed by atoms with van der Waals surface area (Å²) in [5.74, 6) is -6.56. The van der Waals surface area contributed by atoms with Crippen LogP contribution >= 0.6 is 0 Å². The van der Waals surface area contributed by atoms with E-state index in [1.165, 1.54) is 0 Å². The summed E-state index contributed by atoms with van der Waals surface area (Å²) in [6.07, 6.45) is -5.26. The van der Waals surface area contributed by atoms with Crippen LogP contribution in [0.25, 0.3) is 0 Å². The Bertz CT molecular complexity index is 426. The summed E-state index contributed by atoms with van der Waals surface area (Å²) < 4.78 is 64.0. The van der Waals surface area contributed by atoms with E-state index in [0.717, 1.165) is 0 Å². The number of aromatic carboxylic acids is 1. The van der Waals surface area contributed by atoms with Crippen LogP contribution in [0, 0.1) is 11.6 Å². The lowest BCUT2D eigenvalue weighted by atomic mass is 10.2. The number of carboxylic acid groups (broad SMARTS) is 1. The van der Waals surface area contributed by atoms with Crippen molar-refractivity contribution in [1.82, 2.24) is 0 Å². The Hall–Kier alpha value is -1.86. The van der Waals surface area contributed by atoms with E-state index in [1.54, 1.807) is 0 Å². The number of hydrogen-bond donors (Lipinski definition) is 1. The van der Waals surface area contributed by atoms with Gasteiger partial charge in [0, 0.05) is 6.07 Å². The van der Waals surface area contributed by atoms with E-state index in [0.29, 0.717) is 0 Å². The van der Waals surface area contributed by atoms with Crippen LogP contribution in [0.2, 0.25) is 0 Å². The summed E-state index contributed by atoms with van der Waals surface area (Å²) in [4.78, 5) is 10.4. The van der Waals surface area contributed by atoms with Crippen LogP contribution in [-0.4, -0.2) is 17.4 Å². The Balaban J connectivity index is 3.30. The van der Waals surface area contributed by atoms with Crippen LogP contribution in [0.5, 0.6) is 5.75 Å². The molecule has 3 nitrogen and oxygen atoms in total. The van der Waals surface area contributed by atoms with E-state index < -0.39 is 35.3 Å². The summed E-state index contributed by atoms with van der Waals surface area (Å²) in [6, 6.07) is 0.319. The number of carbonyl (C=O) groups is 1. The molecule has 0 radical (unpaired) electrons. The van der Waals surface area contributed by atoms with E-state index in [-0.39, 0.29) is 12.1 Å². The molecule has 0 bridgehead atoms. The van der Waals surface area contributed by atoms with Crippen molar-refractivity contribution in [2.24, 2.45) is 0 Å². The molecule has 0 fully saturated rings. The second-order valence-electron chi connectivity index (χ2n) is 2.62. The lowest BCUT2D eigenvalue weighted by Gasteiger charge is -2.11. The molecule has 1 N–H and O–H groups in total. The number of carboxylic acids is 1. The van der Waals surface area contributed by atoms with E-state index >= 15 is 0 Å². The van der Waals surface area contributed by atoms with Crippen LogP contribution in [0.4, 0.5) is 22.0 Å². The largest absolute Gasteiger partial charge is 0.573 e. The van der Waals surface area contributed by atoms with Crippen LogP contribution in [0.1, 0.15) is 10.4 Å². The molecule has 1 aromatic rings. The minimum absolute atomic E-state index is 0.0908. The third kappa shape index (κ3) is 2.81. The zero-order valence-electron chi connectivity index (χ0n) is 7.31. The number of alkyl halides is 3. The molecule has 1 aromatic carbocycles. The van der Waals surface area contributed by atoms with Crippen molar-refractivity contribution in [3.05, 3.63) is 29.3 Å². The Labute approximate surface area is 85.1 Å². The topological polar surface area (TPSA) is 46.5 Å². The van der Waals surface area contributed by atoms with Crippen molar-refractivity contribution in [1.29, 1.82) is 0 Å². The summed E-state index contributed by atoms with van der Waals surface area (Å²) in [5.41, 5.74) is -1.24. The molecule has 88 valence electrons. The van der Waals surface area contributed by atoms with Crippen LogP contribution < -0.4 is 4.74 Å². The average molecular weight is 242 g/mol. The second-order valence-corrected chi connectivity index (χ2v) is 2.62. The standard InChI is InChI=1S/C8H3F5O3/c9-3-1-4(7(14)15)6(5(10)2-3)16-8(11,12)13/h1-2H,(H,14,15). The van der Waals surface area contributed by atoms with Gasteiger partial charge < -0.3 is 9.84 Å². The van der Waals surface area contributed by atoms with Gasteiger partial charge in [-0.25, -0.2) is 13.6 Å². The number of benzene rings is 1. The van der Waals surface area contributed by atoms with Gasteiger partial charge in [-0.05, 0) is 6.07 Å². The molecule has 1 rings (SSSR count). The van der Waals surface area contributed by atoms with Gasteiger partial charge in [0.15, 0.2) is 11.6 Å². The van der Waals surface area contributed by atoms with Gasteiger partial charge in [0.05, 0.1) is 0 Å². The van der Waals surface area contributed by atoms with Gasteiger partial charge in [0.25, 0.3) is 0 Å². The number of hydrogen-bond acceptors (Lipinski definition) is 2. The minimum Gasteiger partial charge on any atom is -0.478 e. The van der Waals surface area contributed by atoms with Crippen molar-refractivity contribution in [3.8, 4) is 5.75 Å². The molecule has 8 heteroatoms. The van der Waals surface area contributed by atoms with Crippen molar-refractivity contribution >= 4 is 5.97 Å². The molecule has 0 saturated heterocycles. The first kappa shape index (κ1) is 12.2. The summed E-state index contributed by atoms with van der Waals surface area (Å²) in [6.45, 7) is 0. The molecule has 0 aliphatic carbocycles. The van der Waals surface area contributed by atoms with E-state index in [2.05, 4.69) is 4.74 Å². The summed E-state index contributed by atoms with van der Waals surface area (Å²) in [7, 11) is 0. The highest BCUT2D eigenvalue weighted by Crippen LogP contribution is 2.30. The van der Waals surface area contributed by atoms with Crippen molar-refractivity contribution in [2.75, 3.05) is 0 Å². The monoisotopic (exact) mass is 242 g/mol. The Morgan fingerprint density at radius 1 is 1.25 bits per heavy atom. The highest BCUT2D eigenvalue weighted by Gasteiger charge is 2.35. The fourth-order valence-corrected chi connectivity index (χ4v) is 0.939. The van der Waals surface area contributed by atoms with Gasteiger partial charge in [-0.15, -0.1) is 13.2 Å². The van der Waals surface area contributed by atoms with Gasteiger partial charge >= 0.3 is 12.3 Å². The van der Waals surface area contributed by atoms with Gasteiger partial charge in [-0.3, -0.25) is 0 Å². The Kier molecular flexibility index (Phi) is 3.02. The maximum absolute atomic E-state index is 12.9. The Morgan fingerprint density at radius 3 is 2.25 bits per heavy atom. The van der Waals surface area contributed by atoms with E-state index in [4.69, 9.17) is 5.11 Å². The smallest absolute Gasteiger partial charge is 0.478 e. The van der Waals surface area contributed by atoms with Crippen LogP contribution in [0.15, 0.2) is 12.1 Å². The van der Waals surface area contributed by atoms with Crippen LogP contribution in [0.3, 0.4) is 0 Å². The zero-order valence-corrected chi connectivity index (χ0v) is 7.31. The molecule has 0 amide bonds. The third-order valence-corrected chi connectivity index (χ3v) is 1.46. The van der Waals surface area contributed by atoms with Gasteiger partial charge in [0.1, 0.15) is 11.4 Å². The lowest BCUT2D eigenvalue weighted by Crippen LogP contribution is -2.20. The molecule has 0 atom stereocenters. The molecular weight excluding hydrogens is 239 g/mol. The van der Waals surface area contributed by atoms with Crippen molar-refractivity contribution in [3.63, 3.8) is 0 Å². The maximum atomic E-state index is 12.9. The molecule has 0 unspecified atom stereocenters. The third-order valence-electron chi connectivity index (χ3n) is 1.46. The van der Waals surface area contributed by atoms with Crippen molar-refractivity contribution < 1.29 is 36.6 Å². The fourth-order valence-electron chi connectivity index (χ4n) is 0.939. The van der Waals surface area contributed by atoms with Crippen LogP contribution in [-0.2, 0) is 0 Å². The molecule has 0 aromatic heterocycles. The number of ether oxygens (including phenoxy) is 1. The molecule has 16 heavy (non-hydrogen) atoms. The van der Waals surface area contributed by atoms with E-state index in [9.17, 15) is 26.7 Å². The fraction of sp³-hybridized carbons (Fsp3) is 0.125. The Morgan fingerprint density at radius 2 is 1.81 bits per heavy atom. The lowest BCUT2D eigenvalue weighted by molar-refractivity contribution is -0.275. The van der Waals surface area contributed by atoms with Crippen molar-refractivity contribution in [2.45, 2.75) is 6.36 Å². The first-order valence-corrected chi connectivity index (χ1v) is 3.69. The predicted octanol–water partition coefficient (Wildman–Crippen LogP) is 2.56. The van der Waals surface area contributed by atoms with Gasteiger partial charge in [-0.1, -0.05) is 0 Å². The number of halogens is 5. The molecule has 0 aliphatic rings. The maximum Gasteiger partial charge on any atom is 0.573 e. The molecular formula is C8H3F5O3. The average Bonchev–Trinajstić information content (AvgIpc) is 2.07. The van der Waals surface area contributed by atoms with Gasteiger partial charge in [-0.2, -0.15) is 0 Å².